The molecular formula is C16H18ClFN4O. The van der Waals surface area contributed by atoms with E-state index in [9.17, 15) is 9.18 Å². The summed E-state index contributed by atoms with van der Waals surface area (Å²) in [6, 6.07) is 4.11. The lowest BCUT2D eigenvalue weighted by molar-refractivity contribution is -0.121. The van der Waals surface area contributed by atoms with Crippen LogP contribution in [0.1, 0.15) is 43.0 Å². The number of fused-ring (bicyclic) bond motifs is 1. The molecule has 0 unspecified atom stereocenters. The average molecular weight is 337 g/mol. The molecule has 122 valence electrons. The van der Waals surface area contributed by atoms with E-state index in [4.69, 9.17) is 11.6 Å². The van der Waals surface area contributed by atoms with Crippen molar-refractivity contribution in [1.82, 2.24) is 20.1 Å². The second-order valence-electron chi connectivity index (χ2n) is 5.75. The molecule has 2 aromatic rings. The van der Waals surface area contributed by atoms with E-state index in [1.54, 1.807) is 6.07 Å². The van der Waals surface area contributed by atoms with Gasteiger partial charge in [0.2, 0.25) is 5.91 Å². The van der Waals surface area contributed by atoms with Gasteiger partial charge in [0.1, 0.15) is 11.6 Å². The lowest BCUT2D eigenvalue weighted by Gasteiger charge is -2.19. The highest BCUT2D eigenvalue weighted by Crippen LogP contribution is 2.21. The van der Waals surface area contributed by atoms with Gasteiger partial charge in [-0.3, -0.25) is 4.79 Å². The minimum atomic E-state index is -0.472. The van der Waals surface area contributed by atoms with Gasteiger partial charge in [0, 0.05) is 23.6 Å². The molecule has 5 nitrogen and oxygen atoms in total. The van der Waals surface area contributed by atoms with Crippen molar-refractivity contribution in [2.45, 2.75) is 45.2 Å². The number of aromatic nitrogens is 3. The highest BCUT2D eigenvalue weighted by Gasteiger charge is 2.22. The van der Waals surface area contributed by atoms with Gasteiger partial charge in [-0.25, -0.2) is 4.39 Å². The van der Waals surface area contributed by atoms with Crippen LogP contribution in [0.4, 0.5) is 4.39 Å². The topological polar surface area (TPSA) is 59.8 Å². The van der Waals surface area contributed by atoms with Crippen LogP contribution in [0.2, 0.25) is 5.02 Å². The molecule has 1 amide bonds. The first-order valence-corrected chi connectivity index (χ1v) is 8.08. The molecule has 1 aromatic carbocycles. The van der Waals surface area contributed by atoms with E-state index in [2.05, 4.69) is 20.1 Å². The van der Waals surface area contributed by atoms with E-state index in [-0.39, 0.29) is 29.0 Å². The van der Waals surface area contributed by atoms with Gasteiger partial charge >= 0.3 is 0 Å². The largest absolute Gasteiger partial charge is 0.346 e. The highest BCUT2D eigenvalue weighted by atomic mass is 35.5. The number of aryl methyl sites for hydroxylation is 1. The van der Waals surface area contributed by atoms with Crippen LogP contribution in [0.5, 0.6) is 0 Å². The third-order valence-electron chi connectivity index (χ3n) is 4.05. The van der Waals surface area contributed by atoms with Crippen LogP contribution >= 0.6 is 11.6 Å². The van der Waals surface area contributed by atoms with Gasteiger partial charge < -0.3 is 9.88 Å². The summed E-state index contributed by atoms with van der Waals surface area (Å²) in [5.41, 5.74) is 0.210. The average Bonchev–Trinajstić information content (AvgIpc) is 2.95. The quantitative estimate of drug-likeness (QED) is 0.934. The summed E-state index contributed by atoms with van der Waals surface area (Å²) in [5.74, 6) is 0.940. The fourth-order valence-electron chi connectivity index (χ4n) is 2.87. The van der Waals surface area contributed by atoms with E-state index < -0.39 is 5.82 Å². The van der Waals surface area contributed by atoms with E-state index >= 15 is 0 Å². The Hall–Kier alpha value is -1.95. The number of carbonyl (C=O) groups excluding carboxylic acids is 1. The third-order valence-corrected chi connectivity index (χ3v) is 4.41. The van der Waals surface area contributed by atoms with Crippen molar-refractivity contribution < 1.29 is 9.18 Å². The normalized spacial score (nSPS) is 15.1. The molecular weight excluding hydrogens is 319 g/mol. The Morgan fingerprint density at radius 2 is 2.26 bits per heavy atom. The molecule has 23 heavy (non-hydrogen) atoms. The maximum atomic E-state index is 13.8. The molecule has 0 aliphatic carbocycles. The van der Waals surface area contributed by atoms with Crippen molar-refractivity contribution >= 4 is 17.5 Å². The Bertz CT molecular complexity index is 711. The first-order chi connectivity index (χ1) is 11.1. The zero-order valence-electron chi connectivity index (χ0n) is 12.9. The Kier molecular flexibility index (Phi) is 4.61. The number of hydrogen-bond donors (Lipinski definition) is 1. The molecule has 7 heteroatoms. The fraction of sp³-hybridized carbons (Fsp3) is 0.438. The number of nitrogens with one attached hydrogen (secondary N) is 1. The standard InChI is InChI=1S/C16H18ClFN4O/c1-10(16-21-20-14-7-2-3-8-22(14)16)19-15(23)9-11-12(17)5-4-6-13(11)18/h4-6,10H,2-3,7-9H2,1H3,(H,19,23)/t10-/m0/s1. The van der Waals surface area contributed by atoms with Crippen LogP contribution in [-0.2, 0) is 24.2 Å². The van der Waals surface area contributed by atoms with Gasteiger partial charge in [0.25, 0.3) is 0 Å². The minimum Gasteiger partial charge on any atom is -0.346 e. The Morgan fingerprint density at radius 3 is 3.04 bits per heavy atom. The predicted octanol–water partition coefficient (Wildman–Crippen LogP) is 2.83. The van der Waals surface area contributed by atoms with Gasteiger partial charge in [-0.2, -0.15) is 0 Å². The zero-order valence-corrected chi connectivity index (χ0v) is 13.6. The first-order valence-electron chi connectivity index (χ1n) is 7.70. The SMILES string of the molecule is C[C@H](NC(=O)Cc1c(F)cccc1Cl)c1nnc2n1CCCC2. The molecule has 0 bridgehead atoms. The molecule has 1 aliphatic rings. The molecule has 0 saturated carbocycles. The summed E-state index contributed by atoms with van der Waals surface area (Å²) in [7, 11) is 0. The molecule has 1 aromatic heterocycles. The van der Waals surface area contributed by atoms with Gasteiger partial charge in [-0.15, -0.1) is 10.2 Å². The number of nitrogens with zero attached hydrogens (tertiary/aromatic N) is 3. The summed E-state index contributed by atoms with van der Waals surface area (Å²) in [6.07, 6.45) is 3.02. The van der Waals surface area contributed by atoms with Gasteiger partial charge in [0.15, 0.2) is 5.82 Å². The summed E-state index contributed by atoms with van der Waals surface area (Å²) in [4.78, 5) is 12.2. The number of halogens is 2. The van der Waals surface area contributed by atoms with Crippen LogP contribution in [0, 0.1) is 5.82 Å². The molecule has 0 radical (unpaired) electrons. The molecule has 0 fully saturated rings. The lowest BCUT2D eigenvalue weighted by atomic mass is 10.1. The Balaban J connectivity index is 1.69. The summed E-state index contributed by atoms with van der Waals surface area (Å²) >= 11 is 5.96. The molecule has 2 heterocycles. The fourth-order valence-corrected chi connectivity index (χ4v) is 3.10. The number of carbonyl (C=O) groups is 1. The summed E-state index contributed by atoms with van der Waals surface area (Å²) in [5, 5.41) is 11.5. The monoisotopic (exact) mass is 336 g/mol. The first kappa shape index (κ1) is 15.9. The van der Waals surface area contributed by atoms with Crippen LogP contribution in [0.15, 0.2) is 18.2 Å². The van der Waals surface area contributed by atoms with E-state index in [0.29, 0.717) is 0 Å². The molecule has 1 atom stereocenters. The van der Waals surface area contributed by atoms with Gasteiger partial charge in [-0.1, -0.05) is 17.7 Å². The summed E-state index contributed by atoms with van der Waals surface area (Å²) < 4.78 is 15.8. The second kappa shape index (κ2) is 6.66. The molecule has 3 rings (SSSR count). The third kappa shape index (κ3) is 3.37. The van der Waals surface area contributed by atoms with Gasteiger partial charge in [-0.05, 0) is 31.9 Å². The second-order valence-corrected chi connectivity index (χ2v) is 6.16. The maximum absolute atomic E-state index is 13.8. The molecule has 1 N–H and O–H groups in total. The lowest BCUT2D eigenvalue weighted by Crippen LogP contribution is -2.31. The van der Waals surface area contributed by atoms with Crippen molar-refractivity contribution in [3.63, 3.8) is 0 Å². The van der Waals surface area contributed by atoms with Crippen molar-refractivity contribution in [2.24, 2.45) is 0 Å². The van der Waals surface area contributed by atoms with Crippen molar-refractivity contribution in [3.05, 3.63) is 46.3 Å². The van der Waals surface area contributed by atoms with Crippen LogP contribution in [-0.4, -0.2) is 20.7 Å². The number of rotatable bonds is 4. The van der Waals surface area contributed by atoms with Crippen LogP contribution < -0.4 is 5.32 Å². The number of benzene rings is 1. The Morgan fingerprint density at radius 1 is 1.43 bits per heavy atom. The van der Waals surface area contributed by atoms with Gasteiger partial charge in [0.05, 0.1) is 12.5 Å². The molecule has 0 saturated heterocycles. The summed E-state index contributed by atoms with van der Waals surface area (Å²) in [6.45, 7) is 2.73. The predicted molar refractivity (Wildman–Crippen MR) is 84.6 cm³/mol. The van der Waals surface area contributed by atoms with E-state index in [1.165, 1.54) is 12.1 Å². The minimum absolute atomic E-state index is 0.100. The molecule has 1 aliphatic heterocycles. The number of hydrogen-bond acceptors (Lipinski definition) is 3. The maximum Gasteiger partial charge on any atom is 0.225 e. The smallest absolute Gasteiger partial charge is 0.225 e. The zero-order chi connectivity index (χ0) is 16.4. The van der Waals surface area contributed by atoms with Crippen LogP contribution in [0.3, 0.4) is 0 Å². The number of amides is 1. The van der Waals surface area contributed by atoms with E-state index in [0.717, 1.165) is 37.5 Å². The van der Waals surface area contributed by atoms with Crippen molar-refractivity contribution in [1.29, 1.82) is 0 Å². The van der Waals surface area contributed by atoms with Crippen molar-refractivity contribution in [3.8, 4) is 0 Å². The molecule has 0 spiro atoms. The van der Waals surface area contributed by atoms with E-state index in [1.807, 2.05) is 6.92 Å². The van der Waals surface area contributed by atoms with Crippen LogP contribution in [0.25, 0.3) is 0 Å². The van der Waals surface area contributed by atoms with Crippen molar-refractivity contribution in [2.75, 3.05) is 0 Å². The highest BCUT2D eigenvalue weighted by molar-refractivity contribution is 6.31. The Labute approximate surface area is 138 Å².